The Morgan fingerprint density at radius 3 is 2.18 bits per heavy atom. The first-order valence-corrected chi connectivity index (χ1v) is 22.1. The van der Waals surface area contributed by atoms with Crippen molar-refractivity contribution >= 4 is 93.1 Å². The second kappa shape index (κ2) is 11.3. The van der Waals surface area contributed by atoms with Crippen molar-refractivity contribution < 1.29 is 4.74 Å². The molecule has 5 aliphatic rings. The van der Waals surface area contributed by atoms with Gasteiger partial charge in [-0.3, -0.25) is 0 Å². The van der Waals surface area contributed by atoms with Crippen LogP contribution in [0.15, 0.2) is 109 Å². The first-order valence-electron chi connectivity index (χ1n) is 18.6. The van der Waals surface area contributed by atoms with Crippen molar-refractivity contribution in [3.63, 3.8) is 0 Å². The van der Waals surface area contributed by atoms with Gasteiger partial charge in [0, 0.05) is 0 Å². The molecule has 5 aromatic carbocycles. The van der Waals surface area contributed by atoms with Crippen LogP contribution in [-0.4, -0.2) is 41.2 Å². The summed E-state index contributed by atoms with van der Waals surface area (Å²) in [7, 11) is 0. The number of allylic oxidation sites excluding steroid dienone is 2. The molecule has 11 rings (SSSR count). The van der Waals surface area contributed by atoms with Crippen LogP contribution in [0.25, 0.3) is 16.6 Å². The molecule has 6 heteroatoms. The molecule has 2 aliphatic carbocycles. The summed E-state index contributed by atoms with van der Waals surface area (Å²) in [5.74, 6) is 2.14. The Kier molecular flexibility index (Phi) is 6.79. The van der Waals surface area contributed by atoms with Crippen LogP contribution in [0.1, 0.15) is 69.7 Å². The Balaban J connectivity index is 1.09. The Labute approximate surface area is 313 Å². The first kappa shape index (κ1) is 30.7. The molecule has 0 N–H and O–H groups in total. The number of hydrogen-bond acceptors (Lipinski definition) is 2. The van der Waals surface area contributed by atoms with Gasteiger partial charge in [-0.25, -0.2) is 0 Å². The molecular weight excluding hydrogens is 753 g/mol. The van der Waals surface area contributed by atoms with Crippen LogP contribution in [0, 0.1) is 0 Å². The summed E-state index contributed by atoms with van der Waals surface area (Å²) in [5, 5.41) is 1.44. The van der Waals surface area contributed by atoms with E-state index in [0.29, 0.717) is 0 Å². The average Bonchev–Trinajstić information content (AvgIpc) is 3.74. The van der Waals surface area contributed by atoms with Gasteiger partial charge in [-0.2, -0.15) is 0 Å². The van der Waals surface area contributed by atoms with E-state index in [2.05, 4.69) is 127 Å². The molecule has 0 fully saturated rings. The van der Waals surface area contributed by atoms with Crippen molar-refractivity contribution in [1.82, 2.24) is 4.57 Å². The van der Waals surface area contributed by atoms with Gasteiger partial charge in [0.15, 0.2) is 0 Å². The van der Waals surface area contributed by atoms with Crippen molar-refractivity contribution in [2.75, 3.05) is 4.90 Å². The number of rotatable bonds is 2. The molecule has 250 valence electrons. The standard InChI is InChI=1S/C45H39BN2OSe2/c1-45(2,3)27-23-42-44-43(24-27)51-41-26-29(48-36-14-6-8-17-38(36)49-39-18-9-7-15-37(39)48)20-22-33(41)46(44)32-21-19-28(25-40(32)50-42)47-34-13-5-4-11-30(34)31-12-10-16-35(31)47/h4-6,8,11,13-14,17,19-26H,7,9-10,12,15-16,18H2,1-3H3. The Hall–Kier alpha value is -3.92. The number of fused-ring (bicyclic) bond motifs is 8. The average molecular weight is 793 g/mol. The molecule has 0 saturated carbocycles. The second-order valence-electron chi connectivity index (χ2n) is 15.8. The molecule has 0 unspecified atom stereocenters. The van der Waals surface area contributed by atoms with E-state index in [0.717, 1.165) is 24.4 Å². The third-order valence-electron chi connectivity index (χ3n) is 11.8. The van der Waals surface area contributed by atoms with E-state index < -0.39 is 0 Å². The molecule has 3 aliphatic heterocycles. The van der Waals surface area contributed by atoms with Crippen LogP contribution in [0.4, 0.5) is 11.4 Å². The Bertz CT molecular complexity index is 2510. The third kappa shape index (κ3) is 4.63. The fraction of sp³-hybridized carbons (Fsp3) is 0.244. The predicted octanol–water partition coefficient (Wildman–Crippen LogP) is 5.19. The number of anilines is 2. The van der Waals surface area contributed by atoms with E-state index in [1.165, 1.54) is 92.4 Å². The van der Waals surface area contributed by atoms with E-state index in [1.54, 1.807) is 24.4 Å². The van der Waals surface area contributed by atoms with Gasteiger partial charge in [-0.1, -0.05) is 0 Å². The van der Waals surface area contributed by atoms with Crippen molar-refractivity contribution in [3.05, 3.63) is 125 Å². The molecule has 51 heavy (non-hydrogen) atoms. The normalized spacial score (nSPS) is 17.0. The fourth-order valence-corrected chi connectivity index (χ4v) is 14.9. The van der Waals surface area contributed by atoms with Gasteiger partial charge in [-0.05, 0) is 0 Å². The van der Waals surface area contributed by atoms with Crippen molar-refractivity contribution in [3.8, 4) is 11.4 Å². The van der Waals surface area contributed by atoms with Gasteiger partial charge < -0.3 is 0 Å². The topological polar surface area (TPSA) is 17.4 Å². The zero-order valence-electron chi connectivity index (χ0n) is 29.4. The molecule has 0 bridgehead atoms. The number of hydrogen-bond donors (Lipinski definition) is 0. The van der Waals surface area contributed by atoms with Gasteiger partial charge in [0.2, 0.25) is 0 Å². The summed E-state index contributed by atoms with van der Waals surface area (Å²) in [5.41, 5.74) is 15.8. The van der Waals surface area contributed by atoms with Crippen LogP contribution in [0.3, 0.4) is 0 Å². The molecular formula is C45H39BN2OSe2. The monoisotopic (exact) mass is 794 g/mol. The SMILES string of the molecule is CC(C)(C)c1cc2c3c(c1)[Se]c1cc(-n4c5c(c6ccccc64)CCC5)ccc1B3c1ccc(N3C4=C(CCCC4)Oc4ccccc43)cc1[Se]2. The first-order chi connectivity index (χ1) is 24.9. The molecule has 0 saturated heterocycles. The summed E-state index contributed by atoms with van der Waals surface area (Å²) in [6, 6.07) is 37.8. The molecule has 6 aromatic rings. The van der Waals surface area contributed by atoms with Crippen LogP contribution in [0.5, 0.6) is 5.75 Å². The van der Waals surface area contributed by atoms with Gasteiger partial charge in [-0.15, -0.1) is 0 Å². The maximum absolute atomic E-state index is 6.51. The Morgan fingerprint density at radius 2 is 1.37 bits per heavy atom. The zero-order chi connectivity index (χ0) is 34.0. The number of aryl methyl sites for hydroxylation is 1. The summed E-state index contributed by atoms with van der Waals surface area (Å²) in [4.78, 5) is 2.53. The van der Waals surface area contributed by atoms with Crippen LogP contribution < -0.4 is 43.9 Å². The van der Waals surface area contributed by atoms with Crippen LogP contribution in [-0.2, 0) is 18.3 Å². The number of para-hydroxylation sites is 3. The third-order valence-corrected chi connectivity index (χ3v) is 16.5. The fourth-order valence-electron chi connectivity index (χ4n) is 9.32. The molecule has 4 heterocycles. The quantitative estimate of drug-likeness (QED) is 0.225. The van der Waals surface area contributed by atoms with E-state index in [1.807, 2.05) is 0 Å². The summed E-state index contributed by atoms with van der Waals surface area (Å²) >= 11 is 0.467. The minimum atomic E-state index is 0.101. The van der Waals surface area contributed by atoms with Gasteiger partial charge in [0.25, 0.3) is 0 Å². The second-order valence-corrected chi connectivity index (χ2v) is 20.4. The van der Waals surface area contributed by atoms with Crippen LogP contribution >= 0.6 is 0 Å². The van der Waals surface area contributed by atoms with Gasteiger partial charge in [0.05, 0.1) is 0 Å². The van der Waals surface area contributed by atoms with Crippen molar-refractivity contribution in [2.24, 2.45) is 0 Å². The molecule has 3 nitrogen and oxygen atoms in total. The van der Waals surface area contributed by atoms with Crippen molar-refractivity contribution in [2.45, 2.75) is 71.1 Å². The van der Waals surface area contributed by atoms with Gasteiger partial charge >= 0.3 is 315 Å². The summed E-state index contributed by atoms with van der Waals surface area (Å²) < 4.78 is 15.4. The molecule has 0 radical (unpaired) electrons. The number of aromatic nitrogens is 1. The summed E-state index contributed by atoms with van der Waals surface area (Å²) in [6.45, 7) is 7.42. The molecule has 0 atom stereocenters. The summed E-state index contributed by atoms with van der Waals surface area (Å²) in [6.07, 6.45) is 8.11. The molecule has 1 aromatic heterocycles. The molecule has 0 spiro atoms. The van der Waals surface area contributed by atoms with Gasteiger partial charge in [0.1, 0.15) is 0 Å². The maximum atomic E-state index is 6.51. The van der Waals surface area contributed by atoms with E-state index in [4.69, 9.17) is 4.74 Å². The van der Waals surface area contributed by atoms with E-state index >= 15 is 0 Å². The van der Waals surface area contributed by atoms with E-state index in [-0.39, 0.29) is 42.0 Å². The zero-order valence-corrected chi connectivity index (χ0v) is 32.8. The van der Waals surface area contributed by atoms with E-state index in [9.17, 15) is 0 Å². The predicted molar refractivity (Wildman–Crippen MR) is 216 cm³/mol. The number of nitrogens with zero attached hydrogens (tertiary/aromatic N) is 2. The van der Waals surface area contributed by atoms with Crippen LogP contribution in [0.2, 0.25) is 0 Å². The number of benzene rings is 5. The minimum absolute atomic E-state index is 0.101. The Morgan fingerprint density at radius 1 is 0.667 bits per heavy atom. The van der Waals surface area contributed by atoms with Crippen molar-refractivity contribution in [1.29, 1.82) is 0 Å². The molecule has 0 amide bonds. The number of ether oxygens (including phenoxy) is 1.